The lowest BCUT2D eigenvalue weighted by Gasteiger charge is -2.04. The molecule has 25 heavy (non-hydrogen) atoms. The van der Waals surface area contributed by atoms with Crippen LogP contribution in [-0.2, 0) is 10.1 Å². The first-order valence-corrected chi connectivity index (χ1v) is 12.2. The molecule has 1 aromatic rings. The first-order valence-electron chi connectivity index (χ1n) is 9.82. The Labute approximate surface area is 158 Å². The van der Waals surface area contributed by atoms with E-state index < -0.39 is 10.1 Å². The van der Waals surface area contributed by atoms with Gasteiger partial charge in [0, 0.05) is 0 Å². The second-order valence-corrected chi connectivity index (χ2v) is 8.60. The minimum Gasteiger partial charge on any atom is -0.744 e. The van der Waals surface area contributed by atoms with Crippen molar-refractivity contribution in [2.45, 2.75) is 88.9 Å². The molecule has 0 amide bonds. The summed E-state index contributed by atoms with van der Waals surface area (Å²) in [5.74, 6) is 0. The van der Waals surface area contributed by atoms with E-state index in [2.05, 4.69) is 16.2 Å². The van der Waals surface area contributed by atoms with Gasteiger partial charge in [0.05, 0.1) is 11.1 Å². The number of hydrogen-bond donors (Lipinski definition) is 0. The average molecular weight is 389 g/mol. The number of hydrogen-bond acceptors (Lipinski definition) is 3. The van der Waals surface area contributed by atoms with Crippen LogP contribution < -0.4 is 0 Å². The Bertz CT molecular complexity index is 477. The van der Waals surface area contributed by atoms with Crippen molar-refractivity contribution < 1.29 is 13.0 Å². The third-order valence-electron chi connectivity index (χ3n) is 4.14. The van der Waals surface area contributed by atoms with Gasteiger partial charge in [-0.25, -0.2) is 8.42 Å². The summed E-state index contributed by atoms with van der Waals surface area (Å²) in [6, 6.07) is 7.19. The molecule has 0 heterocycles. The van der Waals surface area contributed by atoms with E-state index in [0.29, 0.717) is 0 Å². The van der Waals surface area contributed by atoms with Crippen LogP contribution in [0, 0.1) is 0 Å². The SMILES string of the molecule is CCCCCCCCCCCCCC[PH3+].O=S(=O)([O-])c1ccccc1. The van der Waals surface area contributed by atoms with E-state index in [9.17, 15) is 13.0 Å². The lowest BCUT2D eigenvalue weighted by atomic mass is 10.1. The maximum absolute atomic E-state index is 10.3. The molecule has 0 saturated carbocycles. The quantitative estimate of drug-likeness (QED) is 0.241. The van der Waals surface area contributed by atoms with Crippen LogP contribution in [0.1, 0.15) is 84.0 Å². The van der Waals surface area contributed by atoms with Gasteiger partial charge in [0.1, 0.15) is 10.1 Å². The molecule has 0 saturated heterocycles. The maximum atomic E-state index is 10.3. The van der Waals surface area contributed by atoms with Crippen LogP contribution in [-0.4, -0.2) is 19.1 Å². The van der Waals surface area contributed by atoms with E-state index in [0.717, 1.165) is 0 Å². The van der Waals surface area contributed by atoms with Crippen molar-refractivity contribution in [2.75, 3.05) is 6.16 Å². The van der Waals surface area contributed by atoms with Crippen molar-refractivity contribution in [3.05, 3.63) is 30.3 Å². The first-order chi connectivity index (χ1) is 12.0. The van der Waals surface area contributed by atoms with E-state index in [1.807, 2.05) is 0 Å². The van der Waals surface area contributed by atoms with Crippen molar-refractivity contribution >= 4 is 19.4 Å². The van der Waals surface area contributed by atoms with Crippen LogP contribution in [0.5, 0.6) is 0 Å². The summed E-state index contributed by atoms with van der Waals surface area (Å²) < 4.78 is 30.8. The molecule has 0 spiro atoms. The first kappa shape index (κ1) is 24.6. The summed E-state index contributed by atoms with van der Waals surface area (Å²) in [7, 11) is -2.14. The van der Waals surface area contributed by atoms with E-state index in [4.69, 9.17) is 0 Å². The van der Waals surface area contributed by atoms with Crippen LogP contribution in [0.25, 0.3) is 0 Å². The molecule has 0 bridgehead atoms. The third kappa shape index (κ3) is 16.8. The molecular weight excluding hydrogens is 351 g/mol. The Balaban J connectivity index is 0.000000496. The molecule has 5 heteroatoms. The highest BCUT2D eigenvalue weighted by Gasteiger charge is 1.96. The Morgan fingerprint density at radius 2 is 1.16 bits per heavy atom. The molecule has 0 N–H and O–H groups in total. The fourth-order valence-corrected chi connectivity index (χ4v) is 3.45. The molecule has 146 valence electrons. The van der Waals surface area contributed by atoms with Gasteiger partial charge in [-0.3, -0.25) is 0 Å². The molecule has 0 aliphatic carbocycles. The van der Waals surface area contributed by atoms with Gasteiger partial charge < -0.3 is 4.55 Å². The second-order valence-electron chi connectivity index (χ2n) is 6.51. The molecular formula is C20H37O3PS. The molecule has 1 aromatic carbocycles. The molecule has 3 nitrogen and oxygen atoms in total. The van der Waals surface area contributed by atoms with Crippen molar-refractivity contribution in [1.29, 1.82) is 0 Å². The summed E-state index contributed by atoms with van der Waals surface area (Å²) in [4.78, 5) is -0.185. The van der Waals surface area contributed by atoms with Gasteiger partial charge in [-0.05, 0) is 34.2 Å². The van der Waals surface area contributed by atoms with E-state index in [1.54, 1.807) is 6.07 Å². The Morgan fingerprint density at radius 3 is 1.48 bits per heavy atom. The predicted octanol–water partition coefficient (Wildman–Crippen LogP) is 5.89. The fraction of sp³-hybridized carbons (Fsp3) is 0.700. The summed E-state index contributed by atoms with van der Waals surface area (Å²) in [6.45, 7) is 2.29. The molecule has 0 fully saturated rings. The Morgan fingerprint density at radius 1 is 0.760 bits per heavy atom. The standard InChI is InChI=1S/C14H31P.C6H6O3S/c1-2-3-4-5-6-7-8-9-10-11-12-13-14-15;7-10(8,9)6-4-2-1-3-5-6/h2-15H2,1H3;1-5H,(H,7,8,9). The number of rotatable bonds is 13. The van der Waals surface area contributed by atoms with Crippen LogP contribution in [0.3, 0.4) is 0 Å². The number of unbranched alkanes of at least 4 members (excludes halogenated alkanes) is 11. The van der Waals surface area contributed by atoms with Crippen LogP contribution in [0.2, 0.25) is 0 Å². The second kappa shape index (κ2) is 17.0. The zero-order chi connectivity index (χ0) is 18.8. The molecule has 0 aromatic heterocycles. The van der Waals surface area contributed by atoms with E-state index >= 15 is 0 Å². The lowest BCUT2D eigenvalue weighted by Crippen LogP contribution is -1.96. The smallest absolute Gasteiger partial charge is 0.124 e. The van der Waals surface area contributed by atoms with Gasteiger partial charge in [0.25, 0.3) is 0 Å². The fourth-order valence-electron chi connectivity index (χ4n) is 2.60. The summed E-state index contributed by atoms with van der Waals surface area (Å²) >= 11 is 0. The van der Waals surface area contributed by atoms with Gasteiger partial charge in [0.2, 0.25) is 0 Å². The van der Waals surface area contributed by atoms with Crippen LogP contribution in [0.4, 0.5) is 0 Å². The minimum absolute atomic E-state index is 0.185. The molecule has 0 aliphatic rings. The molecule has 1 unspecified atom stereocenters. The van der Waals surface area contributed by atoms with Crippen molar-refractivity contribution in [1.82, 2.24) is 0 Å². The molecule has 1 atom stereocenters. The highest BCUT2D eigenvalue weighted by atomic mass is 32.2. The zero-order valence-corrected chi connectivity index (χ0v) is 18.1. The Kier molecular flexibility index (Phi) is 16.7. The van der Waals surface area contributed by atoms with Crippen LogP contribution in [0.15, 0.2) is 35.2 Å². The Hall–Kier alpha value is -0.440. The van der Waals surface area contributed by atoms with Crippen molar-refractivity contribution in [3.8, 4) is 0 Å². The zero-order valence-electron chi connectivity index (χ0n) is 15.9. The highest BCUT2D eigenvalue weighted by molar-refractivity contribution is 7.85. The van der Waals surface area contributed by atoms with Crippen molar-refractivity contribution in [2.24, 2.45) is 0 Å². The predicted molar refractivity (Wildman–Crippen MR) is 111 cm³/mol. The average Bonchev–Trinajstić information content (AvgIpc) is 2.60. The highest BCUT2D eigenvalue weighted by Crippen LogP contribution is 2.12. The maximum Gasteiger partial charge on any atom is 0.124 e. The molecule has 1 rings (SSSR count). The van der Waals surface area contributed by atoms with E-state index in [-0.39, 0.29) is 4.90 Å². The normalized spacial score (nSPS) is 11.1. The summed E-state index contributed by atoms with van der Waals surface area (Å²) in [6.07, 6.45) is 19.0. The summed E-state index contributed by atoms with van der Waals surface area (Å²) in [5.41, 5.74) is 0. The largest absolute Gasteiger partial charge is 0.744 e. The number of benzene rings is 1. The van der Waals surface area contributed by atoms with Gasteiger partial charge >= 0.3 is 0 Å². The minimum atomic E-state index is -4.25. The lowest BCUT2D eigenvalue weighted by molar-refractivity contribution is 0.463. The van der Waals surface area contributed by atoms with Gasteiger partial charge in [-0.15, -0.1) is 0 Å². The molecule has 0 radical (unpaired) electrons. The molecule has 0 aliphatic heterocycles. The van der Waals surface area contributed by atoms with Gasteiger partial charge in [-0.2, -0.15) is 0 Å². The van der Waals surface area contributed by atoms with E-state index in [1.165, 1.54) is 107 Å². The van der Waals surface area contributed by atoms with Crippen molar-refractivity contribution in [3.63, 3.8) is 0 Å². The van der Waals surface area contributed by atoms with Gasteiger partial charge in [0.15, 0.2) is 0 Å². The third-order valence-corrected chi connectivity index (χ3v) is 5.48. The van der Waals surface area contributed by atoms with Crippen LogP contribution >= 0.6 is 9.24 Å². The topological polar surface area (TPSA) is 57.2 Å². The monoisotopic (exact) mass is 388 g/mol. The summed E-state index contributed by atoms with van der Waals surface area (Å²) in [5, 5.41) is 0. The van der Waals surface area contributed by atoms with Gasteiger partial charge in [-0.1, -0.05) is 89.3 Å².